The summed E-state index contributed by atoms with van der Waals surface area (Å²) in [6.45, 7) is 11.6. The van der Waals surface area contributed by atoms with E-state index in [0.717, 1.165) is 59.0 Å². The molecule has 0 aliphatic carbocycles. The minimum atomic E-state index is 0.886. The third kappa shape index (κ3) is 3.14. The summed E-state index contributed by atoms with van der Waals surface area (Å²) in [6.07, 6.45) is 0. The lowest BCUT2D eigenvalue weighted by Crippen LogP contribution is -2.42. The smallest absolute Gasteiger partial charge is 0.0594 e. The minimum absolute atomic E-state index is 0.886. The molecule has 0 unspecified atom stereocenters. The second kappa shape index (κ2) is 6.57. The van der Waals surface area contributed by atoms with Gasteiger partial charge in [0.1, 0.15) is 0 Å². The fourth-order valence-corrected chi connectivity index (χ4v) is 3.17. The van der Waals surface area contributed by atoms with Gasteiger partial charge >= 0.3 is 0 Å². The van der Waals surface area contributed by atoms with E-state index >= 15 is 0 Å². The number of fused-ring (bicyclic) bond motifs is 1. The molecular weight excluding hydrogens is 250 g/mol. The van der Waals surface area contributed by atoms with Gasteiger partial charge in [-0.2, -0.15) is 0 Å². The number of ether oxygens (including phenoxy) is 1. The topological polar surface area (TPSA) is 27.7 Å². The van der Waals surface area contributed by atoms with E-state index in [0.29, 0.717) is 0 Å². The lowest BCUT2D eigenvalue weighted by molar-refractivity contribution is 0.0392. The molecule has 4 heteroatoms. The number of rotatable bonds is 3. The minimum Gasteiger partial charge on any atom is -0.379 e. The quantitative estimate of drug-likeness (QED) is 0.898. The number of benzene rings is 1. The van der Waals surface area contributed by atoms with Crippen LogP contribution in [0.5, 0.6) is 0 Å². The third-order valence-electron chi connectivity index (χ3n) is 4.30. The van der Waals surface area contributed by atoms with E-state index in [4.69, 9.17) is 4.74 Å². The predicted octanol–water partition coefficient (Wildman–Crippen LogP) is 1.24. The molecule has 1 saturated heterocycles. The molecule has 1 fully saturated rings. The van der Waals surface area contributed by atoms with E-state index in [1.165, 1.54) is 16.8 Å². The van der Waals surface area contributed by atoms with Crippen molar-refractivity contribution in [2.75, 3.05) is 57.4 Å². The maximum absolute atomic E-state index is 5.42. The zero-order valence-corrected chi connectivity index (χ0v) is 12.4. The Morgan fingerprint density at radius 3 is 2.85 bits per heavy atom. The number of para-hydroxylation sites is 1. The Kier molecular flexibility index (Phi) is 4.55. The van der Waals surface area contributed by atoms with Crippen LogP contribution in [0.2, 0.25) is 0 Å². The lowest BCUT2D eigenvalue weighted by Gasteiger charge is -2.31. The second-order valence-corrected chi connectivity index (χ2v) is 5.70. The fraction of sp³-hybridized carbons (Fsp3) is 0.625. The van der Waals surface area contributed by atoms with Crippen molar-refractivity contribution in [2.24, 2.45) is 0 Å². The highest BCUT2D eigenvalue weighted by Crippen LogP contribution is 2.26. The average molecular weight is 275 g/mol. The lowest BCUT2D eigenvalue weighted by atomic mass is 10.1. The average Bonchev–Trinajstić information content (AvgIpc) is 2.69. The molecule has 1 N–H and O–H groups in total. The molecule has 110 valence electrons. The summed E-state index contributed by atoms with van der Waals surface area (Å²) in [7, 11) is 0. The van der Waals surface area contributed by atoms with Crippen molar-refractivity contribution in [3.05, 3.63) is 29.3 Å². The highest BCUT2D eigenvalue weighted by atomic mass is 16.5. The number of aryl methyl sites for hydroxylation is 1. The molecular formula is C16H25N3O. The molecule has 3 rings (SSSR count). The van der Waals surface area contributed by atoms with Crippen LogP contribution in [0, 0.1) is 6.92 Å². The van der Waals surface area contributed by atoms with Gasteiger partial charge in [0.15, 0.2) is 0 Å². The van der Waals surface area contributed by atoms with E-state index in [9.17, 15) is 0 Å². The Morgan fingerprint density at radius 1 is 1.15 bits per heavy atom. The number of nitrogens with zero attached hydrogens (tertiary/aromatic N) is 2. The van der Waals surface area contributed by atoms with Crippen LogP contribution >= 0.6 is 0 Å². The summed E-state index contributed by atoms with van der Waals surface area (Å²) in [5.41, 5.74) is 4.28. The van der Waals surface area contributed by atoms with Crippen LogP contribution < -0.4 is 10.2 Å². The zero-order chi connectivity index (χ0) is 13.8. The Balaban J connectivity index is 1.69. The van der Waals surface area contributed by atoms with Crippen LogP contribution in [0.25, 0.3) is 0 Å². The molecule has 0 amide bonds. The maximum atomic E-state index is 5.42. The fourth-order valence-electron chi connectivity index (χ4n) is 3.17. The Hall–Kier alpha value is -1.10. The number of nitrogens with one attached hydrogen (secondary N) is 1. The van der Waals surface area contributed by atoms with E-state index in [1.807, 2.05) is 0 Å². The first-order valence-electron chi connectivity index (χ1n) is 7.69. The molecule has 0 radical (unpaired) electrons. The van der Waals surface area contributed by atoms with E-state index in [1.54, 1.807) is 0 Å². The highest BCUT2D eigenvalue weighted by molar-refractivity contribution is 5.60. The van der Waals surface area contributed by atoms with Crippen LogP contribution in [0.1, 0.15) is 11.1 Å². The number of hydrogen-bond acceptors (Lipinski definition) is 4. The standard InChI is InChI=1S/C16H25N3O/c1-14-3-2-4-15-13-17-5-6-19(16(14)15)8-7-18-9-11-20-12-10-18/h2-4,17H,5-13H2,1H3. The van der Waals surface area contributed by atoms with Crippen molar-refractivity contribution >= 4 is 5.69 Å². The first-order valence-corrected chi connectivity index (χ1v) is 7.69. The molecule has 4 nitrogen and oxygen atoms in total. The van der Waals surface area contributed by atoms with Crippen molar-refractivity contribution < 1.29 is 4.74 Å². The zero-order valence-electron chi connectivity index (χ0n) is 12.4. The van der Waals surface area contributed by atoms with Gasteiger partial charge in [-0.05, 0) is 18.1 Å². The van der Waals surface area contributed by atoms with Gasteiger partial charge in [0.2, 0.25) is 0 Å². The summed E-state index contributed by atoms with van der Waals surface area (Å²) in [5.74, 6) is 0. The van der Waals surface area contributed by atoms with Gasteiger partial charge in [-0.3, -0.25) is 4.90 Å². The van der Waals surface area contributed by atoms with Crippen LogP contribution in [0.4, 0.5) is 5.69 Å². The number of morpholine rings is 1. The molecule has 20 heavy (non-hydrogen) atoms. The van der Waals surface area contributed by atoms with Crippen molar-refractivity contribution in [1.29, 1.82) is 0 Å². The summed E-state index contributed by atoms with van der Waals surface area (Å²) in [4.78, 5) is 5.07. The molecule has 1 aromatic rings. The predicted molar refractivity (Wildman–Crippen MR) is 82.4 cm³/mol. The van der Waals surface area contributed by atoms with Crippen LogP contribution in [-0.2, 0) is 11.3 Å². The molecule has 0 saturated carbocycles. The summed E-state index contributed by atoms with van der Waals surface area (Å²) in [6, 6.07) is 6.65. The van der Waals surface area contributed by atoms with Gasteiger partial charge in [0, 0.05) is 51.5 Å². The van der Waals surface area contributed by atoms with Gasteiger partial charge in [0.05, 0.1) is 13.2 Å². The Morgan fingerprint density at radius 2 is 2.00 bits per heavy atom. The van der Waals surface area contributed by atoms with Gasteiger partial charge in [-0.15, -0.1) is 0 Å². The molecule has 0 spiro atoms. The molecule has 1 aromatic carbocycles. The van der Waals surface area contributed by atoms with E-state index in [-0.39, 0.29) is 0 Å². The first kappa shape index (κ1) is 13.9. The molecule has 2 heterocycles. The van der Waals surface area contributed by atoms with Crippen LogP contribution in [0.15, 0.2) is 18.2 Å². The largest absolute Gasteiger partial charge is 0.379 e. The summed E-state index contributed by atoms with van der Waals surface area (Å²) >= 11 is 0. The number of anilines is 1. The van der Waals surface area contributed by atoms with Gasteiger partial charge < -0.3 is 15.0 Å². The Labute approximate surface area is 121 Å². The molecule has 0 atom stereocenters. The van der Waals surface area contributed by atoms with Gasteiger partial charge in [-0.25, -0.2) is 0 Å². The Bertz CT molecular complexity index is 443. The van der Waals surface area contributed by atoms with Crippen LogP contribution in [0.3, 0.4) is 0 Å². The molecule has 0 bridgehead atoms. The first-order chi connectivity index (χ1) is 9.84. The summed E-state index contributed by atoms with van der Waals surface area (Å²) in [5, 5.41) is 3.52. The van der Waals surface area contributed by atoms with Crippen molar-refractivity contribution in [3.8, 4) is 0 Å². The highest BCUT2D eigenvalue weighted by Gasteiger charge is 2.18. The maximum Gasteiger partial charge on any atom is 0.0594 e. The summed E-state index contributed by atoms with van der Waals surface area (Å²) < 4.78 is 5.42. The number of hydrogen-bond donors (Lipinski definition) is 1. The third-order valence-corrected chi connectivity index (χ3v) is 4.30. The van der Waals surface area contributed by atoms with E-state index in [2.05, 4.69) is 40.2 Å². The van der Waals surface area contributed by atoms with Crippen molar-refractivity contribution in [2.45, 2.75) is 13.5 Å². The monoisotopic (exact) mass is 275 g/mol. The normalized spacial score (nSPS) is 20.6. The molecule has 2 aliphatic heterocycles. The molecule has 2 aliphatic rings. The van der Waals surface area contributed by atoms with Gasteiger partial charge in [-0.1, -0.05) is 18.2 Å². The van der Waals surface area contributed by atoms with Crippen molar-refractivity contribution in [1.82, 2.24) is 10.2 Å². The van der Waals surface area contributed by atoms with E-state index < -0.39 is 0 Å². The SMILES string of the molecule is Cc1cccc2c1N(CCN1CCOCC1)CCNC2. The molecule has 0 aromatic heterocycles. The van der Waals surface area contributed by atoms with Crippen molar-refractivity contribution in [3.63, 3.8) is 0 Å². The van der Waals surface area contributed by atoms with Crippen LogP contribution in [-0.4, -0.2) is 57.4 Å². The van der Waals surface area contributed by atoms with Gasteiger partial charge in [0.25, 0.3) is 0 Å². The second-order valence-electron chi connectivity index (χ2n) is 5.70.